The van der Waals surface area contributed by atoms with Crippen LogP contribution in [-0.2, 0) is 0 Å². The molecule has 3 N–H and O–H groups in total. The van der Waals surface area contributed by atoms with Gasteiger partial charge in [-0.2, -0.15) is 0 Å². The van der Waals surface area contributed by atoms with Crippen molar-refractivity contribution >= 4 is 5.96 Å². The summed E-state index contributed by atoms with van der Waals surface area (Å²) >= 11 is 0. The fourth-order valence-corrected chi connectivity index (χ4v) is 1.93. The van der Waals surface area contributed by atoms with Crippen LogP contribution in [0.5, 0.6) is 0 Å². The standard InChI is InChI=1S/C11H25N3/c1-7-13-9(12)14-11(5,6)8-10(2,3)4/h7-8H2,1-6H3,(H3,12,13,14). The first-order valence-electron chi connectivity index (χ1n) is 5.24. The van der Waals surface area contributed by atoms with Gasteiger partial charge in [0.2, 0.25) is 0 Å². The van der Waals surface area contributed by atoms with Crippen LogP contribution in [-0.4, -0.2) is 18.0 Å². The first-order valence-corrected chi connectivity index (χ1v) is 5.24. The van der Waals surface area contributed by atoms with Crippen molar-refractivity contribution in [2.24, 2.45) is 16.1 Å². The summed E-state index contributed by atoms with van der Waals surface area (Å²) in [5.41, 5.74) is 6.02. The van der Waals surface area contributed by atoms with Gasteiger partial charge in [-0.1, -0.05) is 20.8 Å². The Labute approximate surface area is 88.2 Å². The molecule has 0 heterocycles. The van der Waals surface area contributed by atoms with Crippen LogP contribution in [0.25, 0.3) is 0 Å². The molecule has 0 fully saturated rings. The highest BCUT2D eigenvalue weighted by molar-refractivity contribution is 5.78. The van der Waals surface area contributed by atoms with Gasteiger partial charge in [-0.15, -0.1) is 0 Å². The van der Waals surface area contributed by atoms with Gasteiger partial charge in [-0.25, -0.2) is 0 Å². The van der Waals surface area contributed by atoms with Crippen molar-refractivity contribution in [1.82, 2.24) is 5.32 Å². The van der Waals surface area contributed by atoms with Crippen LogP contribution in [0, 0.1) is 5.41 Å². The monoisotopic (exact) mass is 199 g/mol. The zero-order valence-corrected chi connectivity index (χ0v) is 10.4. The largest absolute Gasteiger partial charge is 0.370 e. The van der Waals surface area contributed by atoms with E-state index in [0.29, 0.717) is 11.4 Å². The fourth-order valence-electron chi connectivity index (χ4n) is 1.93. The van der Waals surface area contributed by atoms with Gasteiger partial charge in [0.25, 0.3) is 0 Å². The second-order valence-electron chi connectivity index (χ2n) is 5.61. The van der Waals surface area contributed by atoms with Crippen LogP contribution >= 0.6 is 0 Å². The molecule has 0 aromatic carbocycles. The van der Waals surface area contributed by atoms with Gasteiger partial charge < -0.3 is 11.1 Å². The minimum atomic E-state index is 0.000995. The third kappa shape index (κ3) is 6.75. The van der Waals surface area contributed by atoms with E-state index in [4.69, 9.17) is 5.73 Å². The minimum Gasteiger partial charge on any atom is -0.370 e. The fraction of sp³-hybridized carbons (Fsp3) is 0.909. The van der Waals surface area contributed by atoms with Crippen molar-refractivity contribution in [2.45, 2.75) is 53.5 Å². The van der Waals surface area contributed by atoms with Crippen molar-refractivity contribution in [3.63, 3.8) is 0 Å². The van der Waals surface area contributed by atoms with Gasteiger partial charge in [0.05, 0.1) is 0 Å². The third-order valence-electron chi connectivity index (χ3n) is 1.77. The quantitative estimate of drug-likeness (QED) is 0.540. The summed E-state index contributed by atoms with van der Waals surface area (Å²) in [5.74, 6) is 0.543. The van der Waals surface area contributed by atoms with Crippen molar-refractivity contribution in [2.75, 3.05) is 6.54 Å². The lowest BCUT2D eigenvalue weighted by Gasteiger charge is -2.33. The van der Waals surface area contributed by atoms with Crippen molar-refractivity contribution in [3.8, 4) is 0 Å². The number of nitrogens with two attached hydrogens (primary N) is 1. The molecule has 0 aromatic rings. The van der Waals surface area contributed by atoms with Crippen LogP contribution in [0.4, 0.5) is 0 Å². The van der Waals surface area contributed by atoms with Crippen molar-refractivity contribution in [1.29, 1.82) is 0 Å². The van der Waals surface area contributed by atoms with Crippen LogP contribution in [0.1, 0.15) is 48.0 Å². The van der Waals surface area contributed by atoms with Crippen LogP contribution in [0.2, 0.25) is 0 Å². The SMILES string of the molecule is CCN=C(N)NC(C)(C)CC(C)(C)C. The Morgan fingerprint density at radius 3 is 2.07 bits per heavy atom. The normalized spacial score (nSPS) is 14.3. The maximum Gasteiger partial charge on any atom is 0.188 e. The van der Waals surface area contributed by atoms with Crippen molar-refractivity contribution in [3.05, 3.63) is 0 Å². The molecule has 0 radical (unpaired) electrons. The molecule has 0 saturated carbocycles. The summed E-state index contributed by atoms with van der Waals surface area (Å²) in [6.45, 7) is 13.7. The summed E-state index contributed by atoms with van der Waals surface area (Å²) in [5, 5.41) is 3.24. The summed E-state index contributed by atoms with van der Waals surface area (Å²) in [4.78, 5) is 4.12. The molecular formula is C11H25N3. The Morgan fingerprint density at radius 2 is 1.71 bits per heavy atom. The molecule has 0 saturated heterocycles. The molecule has 14 heavy (non-hydrogen) atoms. The Balaban J connectivity index is 4.27. The lowest BCUT2D eigenvalue weighted by molar-refractivity contribution is 0.266. The summed E-state index contributed by atoms with van der Waals surface area (Å²) in [7, 11) is 0. The highest BCUT2D eigenvalue weighted by atomic mass is 15.1. The number of hydrogen-bond acceptors (Lipinski definition) is 1. The highest BCUT2D eigenvalue weighted by Crippen LogP contribution is 2.26. The molecule has 3 nitrogen and oxygen atoms in total. The van der Waals surface area contributed by atoms with Gasteiger partial charge in [-0.05, 0) is 32.6 Å². The molecular weight excluding hydrogens is 174 g/mol. The molecule has 0 bridgehead atoms. The van der Waals surface area contributed by atoms with E-state index < -0.39 is 0 Å². The van der Waals surface area contributed by atoms with E-state index in [9.17, 15) is 0 Å². The second kappa shape index (κ2) is 4.67. The summed E-state index contributed by atoms with van der Waals surface area (Å²) < 4.78 is 0. The maximum absolute atomic E-state index is 5.73. The Hall–Kier alpha value is -0.730. The molecule has 0 aromatic heterocycles. The first kappa shape index (κ1) is 13.3. The van der Waals surface area contributed by atoms with Crippen LogP contribution in [0.15, 0.2) is 4.99 Å². The third-order valence-corrected chi connectivity index (χ3v) is 1.77. The minimum absolute atomic E-state index is 0.000995. The van der Waals surface area contributed by atoms with E-state index in [1.165, 1.54) is 0 Å². The highest BCUT2D eigenvalue weighted by Gasteiger charge is 2.25. The molecule has 0 aliphatic heterocycles. The predicted molar refractivity (Wildman–Crippen MR) is 63.5 cm³/mol. The molecule has 0 aliphatic carbocycles. The first-order chi connectivity index (χ1) is 6.16. The van der Waals surface area contributed by atoms with Gasteiger partial charge >= 0.3 is 0 Å². The number of hydrogen-bond donors (Lipinski definition) is 2. The van der Waals surface area contributed by atoms with E-state index in [1.807, 2.05) is 6.92 Å². The van der Waals surface area contributed by atoms with Gasteiger partial charge in [0.15, 0.2) is 5.96 Å². The Morgan fingerprint density at radius 1 is 1.21 bits per heavy atom. The average Bonchev–Trinajstić information content (AvgIpc) is 1.78. The molecule has 0 atom stereocenters. The van der Waals surface area contributed by atoms with Crippen LogP contribution in [0.3, 0.4) is 0 Å². The van der Waals surface area contributed by atoms with Crippen LogP contribution < -0.4 is 11.1 Å². The molecule has 0 unspecified atom stereocenters. The van der Waals surface area contributed by atoms with E-state index in [2.05, 4.69) is 44.9 Å². The molecule has 0 amide bonds. The molecule has 3 heteroatoms. The lowest BCUT2D eigenvalue weighted by atomic mass is 9.82. The Bertz CT molecular complexity index is 199. The lowest BCUT2D eigenvalue weighted by Crippen LogP contribution is -2.49. The smallest absolute Gasteiger partial charge is 0.188 e. The van der Waals surface area contributed by atoms with Gasteiger partial charge in [-0.3, -0.25) is 4.99 Å². The summed E-state index contributed by atoms with van der Waals surface area (Å²) in [6, 6.07) is 0. The zero-order chi connectivity index (χ0) is 11.4. The van der Waals surface area contributed by atoms with E-state index in [0.717, 1.165) is 13.0 Å². The topological polar surface area (TPSA) is 50.4 Å². The number of rotatable bonds is 3. The Kier molecular flexibility index (Phi) is 4.43. The zero-order valence-electron chi connectivity index (χ0n) is 10.4. The number of nitrogens with one attached hydrogen (secondary N) is 1. The van der Waals surface area contributed by atoms with E-state index >= 15 is 0 Å². The average molecular weight is 199 g/mol. The van der Waals surface area contributed by atoms with E-state index in [-0.39, 0.29) is 5.54 Å². The predicted octanol–water partition coefficient (Wildman–Crippen LogP) is 2.13. The molecule has 0 spiro atoms. The summed E-state index contributed by atoms with van der Waals surface area (Å²) in [6.07, 6.45) is 1.06. The van der Waals surface area contributed by atoms with E-state index in [1.54, 1.807) is 0 Å². The maximum atomic E-state index is 5.73. The molecule has 0 aliphatic rings. The molecule has 84 valence electrons. The molecule has 0 rings (SSSR count). The second-order valence-corrected chi connectivity index (χ2v) is 5.61. The van der Waals surface area contributed by atoms with Gasteiger partial charge in [0, 0.05) is 12.1 Å². The number of nitrogens with zero attached hydrogens (tertiary/aromatic N) is 1. The number of guanidine groups is 1. The van der Waals surface area contributed by atoms with Gasteiger partial charge in [0.1, 0.15) is 0 Å². The number of aliphatic imine (C=N–C) groups is 1. The van der Waals surface area contributed by atoms with Crippen molar-refractivity contribution < 1.29 is 0 Å².